The van der Waals surface area contributed by atoms with Crippen LogP contribution in [-0.4, -0.2) is 24.1 Å². The SMILES string of the molecule is CCOC1SC=CN1C. The number of hydrogen-bond acceptors (Lipinski definition) is 3. The Bertz CT molecular complexity index is 116. The molecule has 0 aromatic rings. The van der Waals surface area contributed by atoms with E-state index in [9.17, 15) is 0 Å². The van der Waals surface area contributed by atoms with Gasteiger partial charge in [0.25, 0.3) is 0 Å². The van der Waals surface area contributed by atoms with E-state index in [-0.39, 0.29) is 5.56 Å². The molecule has 9 heavy (non-hydrogen) atoms. The van der Waals surface area contributed by atoms with Crippen molar-refractivity contribution in [3.8, 4) is 0 Å². The highest BCUT2D eigenvalue weighted by molar-refractivity contribution is 8.02. The molecule has 0 bridgehead atoms. The average molecular weight is 145 g/mol. The molecule has 0 saturated heterocycles. The second kappa shape index (κ2) is 3.13. The third-order valence-electron chi connectivity index (χ3n) is 1.13. The number of ether oxygens (including phenoxy) is 1. The fourth-order valence-electron chi connectivity index (χ4n) is 0.664. The first-order chi connectivity index (χ1) is 4.34. The number of nitrogens with zero attached hydrogens (tertiary/aromatic N) is 1. The van der Waals surface area contributed by atoms with Crippen LogP contribution in [0.2, 0.25) is 0 Å². The van der Waals surface area contributed by atoms with Gasteiger partial charge in [-0.1, -0.05) is 11.8 Å². The number of rotatable bonds is 2. The highest BCUT2D eigenvalue weighted by atomic mass is 32.2. The Morgan fingerprint density at radius 3 is 3.00 bits per heavy atom. The first-order valence-corrected chi connectivity index (χ1v) is 3.94. The van der Waals surface area contributed by atoms with Crippen LogP contribution in [0.5, 0.6) is 0 Å². The van der Waals surface area contributed by atoms with Crippen molar-refractivity contribution < 1.29 is 4.74 Å². The molecule has 0 aromatic heterocycles. The maximum atomic E-state index is 5.34. The highest BCUT2D eigenvalue weighted by Crippen LogP contribution is 2.23. The molecule has 1 atom stereocenters. The molecule has 2 nitrogen and oxygen atoms in total. The Hall–Kier alpha value is -0.150. The molecule has 1 aliphatic heterocycles. The van der Waals surface area contributed by atoms with Crippen LogP contribution in [-0.2, 0) is 4.74 Å². The molecule has 0 aliphatic carbocycles. The second-order valence-corrected chi connectivity index (χ2v) is 2.80. The van der Waals surface area contributed by atoms with E-state index in [2.05, 4.69) is 0 Å². The van der Waals surface area contributed by atoms with Crippen LogP contribution in [0.15, 0.2) is 11.6 Å². The summed E-state index contributed by atoms with van der Waals surface area (Å²) in [6, 6.07) is 0. The number of hydrogen-bond donors (Lipinski definition) is 0. The summed E-state index contributed by atoms with van der Waals surface area (Å²) >= 11 is 1.70. The zero-order valence-corrected chi connectivity index (χ0v) is 6.52. The molecule has 1 rings (SSSR count). The van der Waals surface area contributed by atoms with Gasteiger partial charge in [0.05, 0.1) is 0 Å². The van der Waals surface area contributed by atoms with Gasteiger partial charge in [-0.25, -0.2) is 0 Å². The van der Waals surface area contributed by atoms with Crippen molar-refractivity contribution in [3.63, 3.8) is 0 Å². The molecule has 0 radical (unpaired) electrons. The van der Waals surface area contributed by atoms with Gasteiger partial charge in [0.1, 0.15) is 0 Å². The maximum Gasteiger partial charge on any atom is 0.181 e. The van der Waals surface area contributed by atoms with E-state index in [4.69, 9.17) is 4.74 Å². The lowest BCUT2D eigenvalue weighted by Crippen LogP contribution is -2.22. The van der Waals surface area contributed by atoms with Crippen LogP contribution >= 0.6 is 11.8 Å². The first kappa shape index (κ1) is 6.96. The Balaban J connectivity index is 2.28. The molecule has 1 unspecified atom stereocenters. The summed E-state index contributed by atoms with van der Waals surface area (Å²) in [7, 11) is 2.01. The van der Waals surface area contributed by atoms with Crippen molar-refractivity contribution in [1.29, 1.82) is 0 Å². The molecule has 1 heterocycles. The smallest absolute Gasteiger partial charge is 0.181 e. The van der Waals surface area contributed by atoms with E-state index in [1.165, 1.54) is 0 Å². The van der Waals surface area contributed by atoms with Gasteiger partial charge < -0.3 is 9.64 Å². The van der Waals surface area contributed by atoms with Gasteiger partial charge in [-0.15, -0.1) is 0 Å². The second-order valence-electron chi connectivity index (χ2n) is 1.85. The first-order valence-electron chi connectivity index (χ1n) is 3.00. The van der Waals surface area contributed by atoms with Crippen LogP contribution < -0.4 is 0 Å². The quantitative estimate of drug-likeness (QED) is 0.583. The fourth-order valence-corrected chi connectivity index (χ4v) is 1.54. The van der Waals surface area contributed by atoms with Crippen molar-refractivity contribution in [2.24, 2.45) is 0 Å². The van der Waals surface area contributed by atoms with Crippen LogP contribution in [0, 0.1) is 0 Å². The maximum absolute atomic E-state index is 5.34. The minimum atomic E-state index is 0.218. The normalized spacial score (nSPS) is 25.6. The topological polar surface area (TPSA) is 12.5 Å². The minimum absolute atomic E-state index is 0.218. The van der Waals surface area contributed by atoms with E-state index in [0.29, 0.717) is 0 Å². The molecule has 0 fully saturated rings. The third kappa shape index (κ3) is 1.63. The molecule has 1 aliphatic rings. The predicted molar refractivity (Wildman–Crippen MR) is 39.9 cm³/mol. The van der Waals surface area contributed by atoms with Gasteiger partial charge in [0.2, 0.25) is 0 Å². The van der Waals surface area contributed by atoms with Crippen LogP contribution in [0.1, 0.15) is 6.92 Å². The van der Waals surface area contributed by atoms with E-state index in [1.54, 1.807) is 11.8 Å². The van der Waals surface area contributed by atoms with Crippen molar-refractivity contribution in [2.75, 3.05) is 13.7 Å². The summed E-state index contributed by atoms with van der Waals surface area (Å²) in [5.74, 6) is 0. The summed E-state index contributed by atoms with van der Waals surface area (Å²) in [6.45, 7) is 2.79. The molecule has 0 N–H and O–H groups in total. The van der Waals surface area contributed by atoms with E-state index in [0.717, 1.165) is 6.61 Å². The van der Waals surface area contributed by atoms with Crippen LogP contribution in [0.25, 0.3) is 0 Å². The molecular formula is C6H11NOS. The Morgan fingerprint density at radius 1 is 1.78 bits per heavy atom. The van der Waals surface area contributed by atoms with E-state index < -0.39 is 0 Å². The lowest BCUT2D eigenvalue weighted by molar-refractivity contribution is 0.0498. The molecular weight excluding hydrogens is 134 g/mol. The predicted octanol–water partition coefficient (Wildman–Crippen LogP) is 1.46. The Labute approximate surface area is 59.9 Å². The monoisotopic (exact) mass is 145 g/mol. The minimum Gasteiger partial charge on any atom is -0.349 e. The van der Waals surface area contributed by atoms with E-state index in [1.807, 2.05) is 30.5 Å². The van der Waals surface area contributed by atoms with Crippen molar-refractivity contribution in [3.05, 3.63) is 11.6 Å². The van der Waals surface area contributed by atoms with Crippen molar-refractivity contribution in [1.82, 2.24) is 4.90 Å². The number of thioether (sulfide) groups is 1. The zero-order chi connectivity index (χ0) is 6.69. The third-order valence-corrected chi connectivity index (χ3v) is 2.11. The molecule has 52 valence electrons. The Morgan fingerprint density at radius 2 is 2.56 bits per heavy atom. The molecule has 0 spiro atoms. The summed E-state index contributed by atoms with van der Waals surface area (Å²) in [6.07, 6.45) is 2.02. The van der Waals surface area contributed by atoms with Crippen LogP contribution in [0.4, 0.5) is 0 Å². The zero-order valence-electron chi connectivity index (χ0n) is 5.70. The lowest BCUT2D eigenvalue weighted by Gasteiger charge is -2.18. The van der Waals surface area contributed by atoms with Gasteiger partial charge >= 0.3 is 0 Å². The van der Waals surface area contributed by atoms with Crippen LogP contribution in [0.3, 0.4) is 0 Å². The molecule has 0 saturated carbocycles. The summed E-state index contributed by atoms with van der Waals surface area (Å²) in [4.78, 5) is 2.05. The summed E-state index contributed by atoms with van der Waals surface area (Å²) in [5, 5.41) is 2.04. The fraction of sp³-hybridized carbons (Fsp3) is 0.667. The van der Waals surface area contributed by atoms with Gasteiger partial charge in [-0.05, 0) is 12.3 Å². The van der Waals surface area contributed by atoms with Crippen molar-refractivity contribution >= 4 is 11.8 Å². The van der Waals surface area contributed by atoms with E-state index >= 15 is 0 Å². The Kier molecular flexibility index (Phi) is 2.42. The summed E-state index contributed by atoms with van der Waals surface area (Å²) < 4.78 is 5.34. The summed E-state index contributed by atoms with van der Waals surface area (Å²) in [5.41, 5.74) is 0.218. The molecule has 0 aromatic carbocycles. The van der Waals surface area contributed by atoms with Gasteiger partial charge in [0.15, 0.2) is 5.56 Å². The van der Waals surface area contributed by atoms with Crippen molar-refractivity contribution in [2.45, 2.75) is 12.5 Å². The molecule has 3 heteroatoms. The van der Waals surface area contributed by atoms with Gasteiger partial charge in [0, 0.05) is 19.9 Å². The largest absolute Gasteiger partial charge is 0.349 e. The average Bonchev–Trinajstić information content (AvgIpc) is 2.18. The standard InChI is InChI=1S/C6H11NOS/c1-3-8-6-7(2)4-5-9-6/h4-6H,3H2,1-2H3. The van der Waals surface area contributed by atoms with Gasteiger partial charge in [-0.3, -0.25) is 0 Å². The van der Waals surface area contributed by atoms with Gasteiger partial charge in [-0.2, -0.15) is 0 Å². The lowest BCUT2D eigenvalue weighted by atomic mass is 10.8. The molecule has 0 amide bonds. The highest BCUT2D eigenvalue weighted by Gasteiger charge is 2.14.